The van der Waals surface area contributed by atoms with Crippen molar-refractivity contribution in [2.24, 2.45) is 11.8 Å². The van der Waals surface area contributed by atoms with Crippen LogP contribution < -0.4 is 10.1 Å². The number of hydrogen-bond donors (Lipinski definition) is 1. The van der Waals surface area contributed by atoms with Gasteiger partial charge < -0.3 is 10.1 Å². The van der Waals surface area contributed by atoms with Crippen molar-refractivity contribution in [3.05, 3.63) is 29.8 Å². The molecule has 0 radical (unpaired) electrons. The highest BCUT2D eigenvalue weighted by Crippen LogP contribution is 2.44. The number of ether oxygens (including phenoxy) is 1. The highest BCUT2D eigenvalue weighted by molar-refractivity contribution is 5.81. The van der Waals surface area contributed by atoms with Gasteiger partial charge in [-0.3, -0.25) is 4.79 Å². The topological polar surface area (TPSA) is 38.3 Å². The van der Waals surface area contributed by atoms with Crippen LogP contribution in [0.2, 0.25) is 0 Å². The van der Waals surface area contributed by atoms with Crippen molar-refractivity contribution in [1.82, 2.24) is 5.32 Å². The zero-order valence-electron chi connectivity index (χ0n) is 13.0. The molecular weight excluding hydrogens is 262 g/mol. The van der Waals surface area contributed by atoms with E-state index in [1.54, 1.807) is 0 Å². The van der Waals surface area contributed by atoms with Gasteiger partial charge in [0.15, 0.2) is 6.10 Å². The van der Waals surface area contributed by atoms with Crippen LogP contribution in [-0.4, -0.2) is 18.1 Å². The second-order valence-corrected chi connectivity index (χ2v) is 6.51. The van der Waals surface area contributed by atoms with Gasteiger partial charge in [0.05, 0.1) is 0 Å². The lowest BCUT2D eigenvalue weighted by Crippen LogP contribution is -2.44. The largest absolute Gasteiger partial charge is 0.481 e. The number of para-hydroxylation sites is 1. The molecule has 2 bridgehead atoms. The lowest BCUT2D eigenvalue weighted by atomic mass is 9.95. The van der Waals surface area contributed by atoms with Crippen molar-refractivity contribution in [3.63, 3.8) is 0 Å². The molecule has 0 aromatic heterocycles. The number of nitrogens with one attached hydrogen (secondary N) is 1. The lowest BCUT2D eigenvalue weighted by molar-refractivity contribution is -0.128. The normalized spacial score (nSPS) is 28.4. The van der Waals surface area contributed by atoms with Crippen LogP contribution in [0.25, 0.3) is 0 Å². The van der Waals surface area contributed by atoms with Crippen LogP contribution in [0.4, 0.5) is 0 Å². The number of hydrogen-bond acceptors (Lipinski definition) is 2. The Morgan fingerprint density at radius 1 is 1.33 bits per heavy atom. The average Bonchev–Trinajstić information content (AvgIpc) is 3.10. The summed E-state index contributed by atoms with van der Waals surface area (Å²) in [5.74, 6) is 2.40. The molecule has 2 aliphatic rings. The first-order chi connectivity index (χ1) is 10.2. The molecule has 0 saturated heterocycles. The maximum Gasteiger partial charge on any atom is 0.261 e. The monoisotopic (exact) mass is 287 g/mol. The molecule has 0 unspecified atom stereocenters. The van der Waals surface area contributed by atoms with Crippen molar-refractivity contribution >= 4 is 5.91 Å². The molecule has 1 amide bonds. The summed E-state index contributed by atoms with van der Waals surface area (Å²) in [6.45, 7) is 3.94. The van der Waals surface area contributed by atoms with Gasteiger partial charge in [0.1, 0.15) is 5.75 Å². The number of aryl methyl sites for hydroxylation is 1. The summed E-state index contributed by atoms with van der Waals surface area (Å²) in [5, 5.41) is 3.20. The first-order valence-corrected chi connectivity index (χ1v) is 8.22. The van der Waals surface area contributed by atoms with E-state index in [1.807, 2.05) is 25.1 Å². The number of amides is 1. The van der Waals surface area contributed by atoms with E-state index in [9.17, 15) is 4.79 Å². The molecular formula is C18H25NO2. The summed E-state index contributed by atoms with van der Waals surface area (Å²) in [6, 6.07) is 8.33. The smallest absolute Gasteiger partial charge is 0.261 e. The third-order valence-corrected chi connectivity index (χ3v) is 5.09. The van der Waals surface area contributed by atoms with E-state index in [0.29, 0.717) is 12.0 Å². The van der Waals surface area contributed by atoms with Gasteiger partial charge in [-0.2, -0.15) is 0 Å². The SMILES string of the molecule is CCc1ccccc1O[C@@H](C)C(=O)N[C@@H]1C[C@H]2CC[C@H]1C2. The third-order valence-electron chi connectivity index (χ3n) is 5.09. The maximum atomic E-state index is 12.3. The van der Waals surface area contributed by atoms with Crippen molar-refractivity contribution in [2.75, 3.05) is 0 Å². The highest BCUT2D eigenvalue weighted by atomic mass is 16.5. The fourth-order valence-corrected chi connectivity index (χ4v) is 3.88. The maximum absolute atomic E-state index is 12.3. The number of rotatable bonds is 5. The average molecular weight is 287 g/mol. The fourth-order valence-electron chi connectivity index (χ4n) is 3.88. The van der Waals surface area contributed by atoms with E-state index in [2.05, 4.69) is 18.3 Å². The molecule has 3 heteroatoms. The lowest BCUT2D eigenvalue weighted by Gasteiger charge is -2.25. The van der Waals surface area contributed by atoms with Gasteiger partial charge >= 0.3 is 0 Å². The molecule has 1 aromatic rings. The van der Waals surface area contributed by atoms with Crippen LogP contribution in [0, 0.1) is 11.8 Å². The molecule has 3 rings (SSSR count). The Hall–Kier alpha value is -1.51. The van der Waals surface area contributed by atoms with Gasteiger partial charge in [-0.15, -0.1) is 0 Å². The van der Waals surface area contributed by atoms with E-state index in [4.69, 9.17) is 4.74 Å². The first kappa shape index (κ1) is 14.4. The van der Waals surface area contributed by atoms with E-state index in [0.717, 1.165) is 30.1 Å². The van der Waals surface area contributed by atoms with Gasteiger partial charge in [0.25, 0.3) is 5.91 Å². The molecule has 4 atom stereocenters. The molecule has 1 aromatic carbocycles. The van der Waals surface area contributed by atoms with Crippen molar-refractivity contribution in [2.45, 2.75) is 58.1 Å². The molecule has 2 aliphatic carbocycles. The van der Waals surface area contributed by atoms with E-state index >= 15 is 0 Å². The Bertz CT molecular complexity index is 514. The van der Waals surface area contributed by atoms with E-state index in [1.165, 1.54) is 19.3 Å². The summed E-state index contributed by atoms with van der Waals surface area (Å²) in [6.07, 6.45) is 5.58. The predicted octanol–water partition coefficient (Wildman–Crippen LogP) is 3.32. The van der Waals surface area contributed by atoms with Crippen LogP contribution in [0.1, 0.15) is 45.1 Å². The van der Waals surface area contributed by atoms with Crippen molar-refractivity contribution < 1.29 is 9.53 Å². The minimum atomic E-state index is -0.433. The second-order valence-electron chi connectivity index (χ2n) is 6.51. The molecule has 0 heterocycles. The highest BCUT2D eigenvalue weighted by Gasteiger charge is 2.40. The Morgan fingerprint density at radius 2 is 2.14 bits per heavy atom. The third kappa shape index (κ3) is 3.07. The molecule has 21 heavy (non-hydrogen) atoms. The van der Waals surface area contributed by atoms with Gasteiger partial charge in [-0.05, 0) is 56.1 Å². The van der Waals surface area contributed by atoms with Gasteiger partial charge in [-0.25, -0.2) is 0 Å². The van der Waals surface area contributed by atoms with Crippen LogP contribution in [0.3, 0.4) is 0 Å². The summed E-state index contributed by atoms with van der Waals surface area (Å²) in [5.41, 5.74) is 1.15. The van der Waals surface area contributed by atoms with Crippen LogP contribution in [0.15, 0.2) is 24.3 Å². The van der Waals surface area contributed by atoms with Gasteiger partial charge in [-0.1, -0.05) is 31.5 Å². The quantitative estimate of drug-likeness (QED) is 0.902. The number of carbonyl (C=O) groups excluding carboxylic acids is 1. The van der Waals surface area contributed by atoms with Crippen LogP contribution >= 0.6 is 0 Å². The van der Waals surface area contributed by atoms with Crippen LogP contribution in [0.5, 0.6) is 5.75 Å². The summed E-state index contributed by atoms with van der Waals surface area (Å²) in [4.78, 5) is 12.3. The number of fused-ring (bicyclic) bond motifs is 2. The molecule has 0 spiro atoms. The number of benzene rings is 1. The first-order valence-electron chi connectivity index (χ1n) is 8.22. The zero-order chi connectivity index (χ0) is 14.8. The molecule has 1 N–H and O–H groups in total. The summed E-state index contributed by atoms with van der Waals surface area (Å²) in [7, 11) is 0. The molecule has 3 nitrogen and oxygen atoms in total. The summed E-state index contributed by atoms with van der Waals surface area (Å²) < 4.78 is 5.88. The molecule has 0 aliphatic heterocycles. The van der Waals surface area contributed by atoms with E-state index < -0.39 is 6.10 Å². The predicted molar refractivity (Wildman–Crippen MR) is 83.3 cm³/mol. The Balaban J connectivity index is 1.57. The Kier molecular flexibility index (Phi) is 4.18. The van der Waals surface area contributed by atoms with Crippen molar-refractivity contribution in [3.8, 4) is 5.75 Å². The van der Waals surface area contributed by atoms with E-state index in [-0.39, 0.29) is 5.91 Å². The van der Waals surface area contributed by atoms with Gasteiger partial charge in [0, 0.05) is 6.04 Å². The summed E-state index contributed by atoms with van der Waals surface area (Å²) >= 11 is 0. The molecule has 2 saturated carbocycles. The van der Waals surface area contributed by atoms with Crippen LogP contribution in [-0.2, 0) is 11.2 Å². The Morgan fingerprint density at radius 3 is 2.81 bits per heavy atom. The molecule has 2 fully saturated rings. The standard InChI is InChI=1S/C18H25NO2/c1-3-14-6-4-5-7-17(14)21-12(2)18(20)19-16-11-13-8-9-15(16)10-13/h4-7,12-13,15-16H,3,8-11H2,1-2H3,(H,19,20)/t12-,13-,15-,16+/m0/s1. The minimum absolute atomic E-state index is 0.0263. The van der Waals surface area contributed by atoms with Crippen molar-refractivity contribution in [1.29, 1.82) is 0 Å². The fraction of sp³-hybridized carbons (Fsp3) is 0.611. The minimum Gasteiger partial charge on any atom is -0.481 e. The van der Waals surface area contributed by atoms with Gasteiger partial charge in [0.2, 0.25) is 0 Å². The molecule has 114 valence electrons. The zero-order valence-corrected chi connectivity index (χ0v) is 13.0. The number of carbonyl (C=O) groups is 1. The Labute approximate surface area is 127 Å². The second kappa shape index (κ2) is 6.08.